The number of aryl methyl sites for hydroxylation is 1. The Labute approximate surface area is 125 Å². The van der Waals surface area contributed by atoms with Crippen LogP contribution in [0.15, 0.2) is 24.3 Å². The molecule has 4 heteroatoms. The zero-order valence-corrected chi connectivity index (χ0v) is 13.0. The van der Waals surface area contributed by atoms with Crippen LogP contribution in [0.3, 0.4) is 0 Å². The SMILES string of the molecule is CSC1(CNC(=O)CCc2ccc(N)cc2)CCCC1. The predicted molar refractivity (Wildman–Crippen MR) is 86.9 cm³/mol. The van der Waals surface area contributed by atoms with Crippen molar-refractivity contribution in [3.63, 3.8) is 0 Å². The third-order valence-electron chi connectivity index (χ3n) is 4.18. The van der Waals surface area contributed by atoms with Crippen LogP contribution in [-0.4, -0.2) is 23.5 Å². The average molecular weight is 292 g/mol. The predicted octanol–water partition coefficient (Wildman–Crippen LogP) is 2.99. The van der Waals surface area contributed by atoms with Gasteiger partial charge < -0.3 is 11.1 Å². The van der Waals surface area contributed by atoms with E-state index in [4.69, 9.17) is 5.73 Å². The third kappa shape index (κ3) is 4.17. The summed E-state index contributed by atoms with van der Waals surface area (Å²) < 4.78 is 0.289. The van der Waals surface area contributed by atoms with Gasteiger partial charge >= 0.3 is 0 Å². The van der Waals surface area contributed by atoms with Crippen molar-refractivity contribution < 1.29 is 4.79 Å². The minimum atomic E-state index is 0.155. The largest absolute Gasteiger partial charge is 0.399 e. The Bertz CT molecular complexity index is 438. The first kappa shape index (κ1) is 15.2. The first-order valence-corrected chi connectivity index (χ1v) is 8.52. The molecule has 0 saturated heterocycles. The number of rotatable bonds is 6. The Kier molecular flexibility index (Phi) is 5.35. The summed E-state index contributed by atoms with van der Waals surface area (Å²) in [6.45, 7) is 0.814. The molecule has 0 aliphatic heterocycles. The van der Waals surface area contributed by atoms with E-state index in [0.717, 1.165) is 24.2 Å². The lowest BCUT2D eigenvalue weighted by molar-refractivity contribution is -0.121. The standard InChI is InChI=1S/C16H24N2OS/c1-20-16(10-2-3-11-16)12-18-15(19)9-6-13-4-7-14(17)8-5-13/h4-5,7-8H,2-3,6,9-12,17H2,1H3,(H,18,19). The molecule has 110 valence electrons. The van der Waals surface area contributed by atoms with Gasteiger partial charge in [0.1, 0.15) is 0 Å². The van der Waals surface area contributed by atoms with Gasteiger partial charge in [0.15, 0.2) is 0 Å². The van der Waals surface area contributed by atoms with Crippen molar-refractivity contribution in [1.29, 1.82) is 0 Å². The van der Waals surface area contributed by atoms with Gasteiger partial charge in [-0.05, 0) is 43.2 Å². The van der Waals surface area contributed by atoms with E-state index in [1.165, 1.54) is 25.7 Å². The van der Waals surface area contributed by atoms with Gasteiger partial charge in [0.05, 0.1) is 0 Å². The van der Waals surface area contributed by atoms with E-state index in [9.17, 15) is 4.79 Å². The number of carbonyl (C=O) groups is 1. The fourth-order valence-corrected chi connectivity index (χ4v) is 3.68. The van der Waals surface area contributed by atoms with Gasteiger partial charge in [0.2, 0.25) is 5.91 Å². The van der Waals surface area contributed by atoms with Gasteiger partial charge in [-0.3, -0.25) is 4.79 Å². The molecule has 0 heterocycles. The van der Waals surface area contributed by atoms with Crippen LogP contribution < -0.4 is 11.1 Å². The van der Waals surface area contributed by atoms with E-state index < -0.39 is 0 Å². The number of carbonyl (C=O) groups excluding carboxylic acids is 1. The summed E-state index contributed by atoms with van der Waals surface area (Å²) in [5.41, 5.74) is 7.58. The lowest BCUT2D eigenvalue weighted by Gasteiger charge is -2.26. The number of nitrogen functional groups attached to an aromatic ring is 1. The molecule has 1 aliphatic rings. The highest BCUT2D eigenvalue weighted by Crippen LogP contribution is 2.39. The number of thioether (sulfide) groups is 1. The average Bonchev–Trinajstić information content (AvgIpc) is 2.94. The van der Waals surface area contributed by atoms with Crippen LogP contribution in [0.5, 0.6) is 0 Å². The first-order chi connectivity index (χ1) is 9.63. The Morgan fingerprint density at radius 2 is 1.95 bits per heavy atom. The van der Waals surface area contributed by atoms with Crippen LogP contribution in [0.4, 0.5) is 5.69 Å². The fourth-order valence-electron chi connectivity index (χ4n) is 2.76. The summed E-state index contributed by atoms with van der Waals surface area (Å²) in [6, 6.07) is 7.74. The number of hydrogen-bond acceptors (Lipinski definition) is 3. The van der Waals surface area contributed by atoms with Crippen molar-refractivity contribution in [1.82, 2.24) is 5.32 Å². The molecular formula is C16H24N2OS. The summed E-state index contributed by atoms with van der Waals surface area (Å²) in [5, 5.41) is 3.11. The van der Waals surface area contributed by atoms with E-state index in [2.05, 4.69) is 11.6 Å². The molecule has 1 aromatic carbocycles. The molecule has 2 rings (SSSR count). The van der Waals surface area contributed by atoms with Crippen molar-refractivity contribution in [2.45, 2.75) is 43.3 Å². The Balaban J connectivity index is 1.74. The van der Waals surface area contributed by atoms with Gasteiger partial charge in [0.25, 0.3) is 0 Å². The van der Waals surface area contributed by atoms with Crippen molar-refractivity contribution >= 4 is 23.4 Å². The van der Waals surface area contributed by atoms with Crippen LogP contribution in [0.2, 0.25) is 0 Å². The zero-order valence-electron chi connectivity index (χ0n) is 12.2. The number of amides is 1. The lowest BCUT2D eigenvalue weighted by Crippen LogP contribution is -2.38. The Morgan fingerprint density at radius 3 is 2.55 bits per heavy atom. The number of anilines is 1. The maximum Gasteiger partial charge on any atom is 0.220 e. The van der Waals surface area contributed by atoms with Crippen molar-refractivity contribution in [2.24, 2.45) is 0 Å². The summed E-state index contributed by atoms with van der Waals surface area (Å²) >= 11 is 1.91. The molecule has 0 radical (unpaired) electrons. The molecule has 0 unspecified atom stereocenters. The molecule has 20 heavy (non-hydrogen) atoms. The summed E-state index contributed by atoms with van der Waals surface area (Å²) in [7, 11) is 0. The molecule has 1 saturated carbocycles. The normalized spacial score (nSPS) is 17.1. The van der Waals surface area contributed by atoms with Crippen molar-refractivity contribution in [3.05, 3.63) is 29.8 Å². The first-order valence-electron chi connectivity index (χ1n) is 7.30. The van der Waals surface area contributed by atoms with Crippen LogP contribution in [-0.2, 0) is 11.2 Å². The maximum absolute atomic E-state index is 12.0. The highest BCUT2D eigenvalue weighted by Gasteiger charge is 2.32. The third-order valence-corrected chi connectivity index (χ3v) is 5.59. The molecule has 3 N–H and O–H groups in total. The van der Waals surface area contributed by atoms with Crippen molar-refractivity contribution in [3.8, 4) is 0 Å². The van der Waals surface area contributed by atoms with Gasteiger partial charge in [-0.25, -0.2) is 0 Å². The van der Waals surface area contributed by atoms with E-state index in [-0.39, 0.29) is 10.7 Å². The summed E-state index contributed by atoms with van der Waals surface area (Å²) in [5.74, 6) is 0.155. The van der Waals surface area contributed by atoms with Gasteiger partial charge in [-0.1, -0.05) is 25.0 Å². The molecule has 1 aliphatic carbocycles. The Morgan fingerprint density at radius 1 is 1.30 bits per heavy atom. The highest BCUT2D eigenvalue weighted by molar-refractivity contribution is 8.00. The monoisotopic (exact) mass is 292 g/mol. The quantitative estimate of drug-likeness (QED) is 0.793. The molecular weight excluding hydrogens is 268 g/mol. The van der Waals surface area contributed by atoms with Crippen LogP contribution in [0.25, 0.3) is 0 Å². The lowest BCUT2D eigenvalue weighted by atomic mass is 10.1. The smallest absolute Gasteiger partial charge is 0.220 e. The second-order valence-electron chi connectivity index (χ2n) is 5.61. The molecule has 3 nitrogen and oxygen atoms in total. The van der Waals surface area contributed by atoms with Gasteiger partial charge in [-0.15, -0.1) is 0 Å². The number of hydrogen-bond donors (Lipinski definition) is 2. The van der Waals surface area contributed by atoms with Crippen molar-refractivity contribution in [2.75, 3.05) is 18.5 Å². The minimum absolute atomic E-state index is 0.155. The van der Waals surface area contributed by atoms with Crippen LogP contribution in [0, 0.1) is 0 Å². The molecule has 0 bridgehead atoms. The minimum Gasteiger partial charge on any atom is -0.399 e. The zero-order chi connectivity index (χ0) is 14.4. The summed E-state index contributed by atoms with van der Waals surface area (Å²) in [6.07, 6.45) is 8.53. The second kappa shape index (κ2) is 7.02. The van der Waals surface area contributed by atoms with E-state index in [0.29, 0.717) is 6.42 Å². The number of nitrogens with two attached hydrogens (primary N) is 1. The molecule has 1 fully saturated rings. The molecule has 0 atom stereocenters. The second-order valence-corrected chi connectivity index (χ2v) is 6.89. The van der Waals surface area contributed by atoms with Gasteiger partial charge in [0, 0.05) is 23.4 Å². The Hall–Kier alpha value is -1.16. The molecule has 0 aromatic heterocycles. The van der Waals surface area contributed by atoms with E-state index in [1.54, 1.807) is 0 Å². The summed E-state index contributed by atoms with van der Waals surface area (Å²) in [4.78, 5) is 12.0. The van der Waals surface area contributed by atoms with E-state index in [1.807, 2.05) is 36.0 Å². The van der Waals surface area contributed by atoms with Crippen LogP contribution >= 0.6 is 11.8 Å². The van der Waals surface area contributed by atoms with E-state index >= 15 is 0 Å². The molecule has 0 spiro atoms. The fraction of sp³-hybridized carbons (Fsp3) is 0.562. The maximum atomic E-state index is 12.0. The highest BCUT2D eigenvalue weighted by atomic mass is 32.2. The molecule has 1 amide bonds. The van der Waals surface area contributed by atoms with Gasteiger partial charge in [-0.2, -0.15) is 11.8 Å². The topological polar surface area (TPSA) is 55.1 Å². The number of benzene rings is 1. The number of nitrogens with one attached hydrogen (secondary N) is 1. The van der Waals surface area contributed by atoms with Crippen LogP contribution in [0.1, 0.15) is 37.7 Å². The molecule has 1 aromatic rings.